The normalized spacial score (nSPS) is 18.8. The molecular formula is C8H18N2O5S. The van der Waals surface area contributed by atoms with Gasteiger partial charge in [0.2, 0.25) is 0 Å². The highest BCUT2D eigenvalue weighted by molar-refractivity contribution is 7.87. The van der Waals surface area contributed by atoms with Crippen LogP contribution in [0.15, 0.2) is 0 Å². The van der Waals surface area contributed by atoms with Crippen LogP contribution in [0, 0.1) is 0 Å². The van der Waals surface area contributed by atoms with Gasteiger partial charge in [-0.05, 0) is 0 Å². The molecule has 96 valence electrons. The Kier molecular flexibility index (Phi) is 6.17. The molecule has 8 heteroatoms. The van der Waals surface area contributed by atoms with Crippen molar-refractivity contribution < 1.29 is 23.0 Å². The van der Waals surface area contributed by atoms with E-state index in [1.807, 2.05) is 0 Å². The number of hydrogen-bond donors (Lipinski definition) is 2. The maximum atomic E-state index is 11.7. The summed E-state index contributed by atoms with van der Waals surface area (Å²) in [6.07, 6.45) is 0. The third-order valence-corrected chi connectivity index (χ3v) is 3.69. The first kappa shape index (κ1) is 13.8. The lowest BCUT2D eigenvalue weighted by molar-refractivity contribution is 0.0718. The van der Waals surface area contributed by atoms with Gasteiger partial charge in [-0.3, -0.25) is 0 Å². The molecule has 1 saturated heterocycles. The third kappa shape index (κ3) is 4.73. The van der Waals surface area contributed by atoms with E-state index in [1.54, 1.807) is 0 Å². The van der Waals surface area contributed by atoms with Gasteiger partial charge in [0.1, 0.15) is 0 Å². The second-order valence-electron chi connectivity index (χ2n) is 3.25. The van der Waals surface area contributed by atoms with Gasteiger partial charge in [0.25, 0.3) is 10.2 Å². The molecule has 0 aromatic rings. The summed E-state index contributed by atoms with van der Waals surface area (Å²) in [4.78, 5) is 0. The highest BCUT2D eigenvalue weighted by atomic mass is 32.2. The molecule has 0 radical (unpaired) electrons. The Morgan fingerprint density at radius 1 is 1.31 bits per heavy atom. The van der Waals surface area contributed by atoms with Gasteiger partial charge in [-0.25, -0.2) is 0 Å². The molecule has 1 aliphatic heterocycles. The molecule has 2 N–H and O–H groups in total. The number of aliphatic hydroxyl groups excluding tert-OH is 1. The highest BCUT2D eigenvalue weighted by Gasteiger charge is 2.23. The van der Waals surface area contributed by atoms with Gasteiger partial charge in [0, 0.05) is 19.6 Å². The van der Waals surface area contributed by atoms with Gasteiger partial charge in [-0.2, -0.15) is 17.4 Å². The Bertz CT molecular complexity index is 276. The predicted octanol–water partition coefficient (Wildman–Crippen LogP) is -1.84. The molecule has 16 heavy (non-hydrogen) atoms. The van der Waals surface area contributed by atoms with Crippen molar-refractivity contribution in [2.45, 2.75) is 0 Å². The van der Waals surface area contributed by atoms with Crippen LogP contribution in [0.4, 0.5) is 0 Å². The average molecular weight is 254 g/mol. The Morgan fingerprint density at radius 3 is 2.62 bits per heavy atom. The maximum absolute atomic E-state index is 11.7. The molecule has 1 rings (SSSR count). The standard InChI is InChI=1S/C8H18N2O5S/c11-4-8-14-5-1-9-16(12,13)10-2-6-15-7-3-10/h9,11H,1-8H2. The van der Waals surface area contributed by atoms with Crippen LogP contribution in [0.5, 0.6) is 0 Å². The Labute approximate surface area is 95.5 Å². The largest absolute Gasteiger partial charge is 0.394 e. The van der Waals surface area contributed by atoms with Crippen molar-refractivity contribution in [3.63, 3.8) is 0 Å². The van der Waals surface area contributed by atoms with Gasteiger partial charge in [-0.1, -0.05) is 0 Å². The topological polar surface area (TPSA) is 88.1 Å². The van der Waals surface area contributed by atoms with Gasteiger partial charge < -0.3 is 14.6 Å². The van der Waals surface area contributed by atoms with Crippen LogP contribution in [0.2, 0.25) is 0 Å². The van der Waals surface area contributed by atoms with Crippen molar-refractivity contribution in [1.82, 2.24) is 9.03 Å². The van der Waals surface area contributed by atoms with E-state index in [1.165, 1.54) is 4.31 Å². The van der Waals surface area contributed by atoms with Gasteiger partial charge in [0.05, 0.1) is 33.0 Å². The fourth-order valence-corrected chi connectivity index (χ4v) is 2.44. The van der Waals surface area contributed by atoms with Gasteiger partial charge in [0.15, 0.2) is 0 Å². The number of ether oxygens (including phenoxy) is 2. The Hall–Kier alpha value is -0.250. The van der Waals surface area contributed by atoms with E-state index >= 15 is 0 Å². The number of nitrogens with one attached hydrogen (secondary N) is 1. The molecule has 0 bridgehead atoms. The van der Waals surface area contributed by atoms with Gasteiger partial charge >= 0.3 is 0 Å². The Morgan fingerprint density at radius 2 is 2.00 bits per heavy atom. The molecule has 0 aromatic heterocycles. The zero-order valence-corrected chi connectivity index (χ0v) is 9.91. The van der Waals surface area contributed by atoms with Crippen molar-refractivity contribution in [2.24, 2.45) is 0 Å². The van der Waals surface area contributed by atoms with Crippen LogP contribution in [-0.4, -0.2) is 70.5 Å². The van der Waals surface area contributed by atoms with E-state index < -0.39 is 10.2 Å². The molecule has 1 heterocycles. The zero-order chi connectivity index (χ0) is 11.9. The molecule has 0 amide bonds. The first-order chi connectivity index (χ1) is 7.67. The minimum Gasteiger partial charge on any atom is -0.394 e. The second-order valence-corrected chi connectivity index (χ2v) is 5.00. The summed E-state index contributed by atoms with van der Waals surface area (Å²) in [6, 6.07) is 0. The number of morpholine rings is 1. The summed E-state index contributed by atoms with van der Waals surface area (Å²) in [5.74, 6) is 0. The second kappa shape index (κ2) is 7.15. The first-order valence-electron chi connectivity index (χ1n) is 5.18. The fraction of sp³-hybridized carbons (Fsp3) is 1.00. The quantitative estimate of drug-likeness (QED) is 0.521. The van der Waals surface area contributed by atoms with E-state index in [9.17, 15) is 8.42 Å². The van der Waals surface area contributed by atoms with E-state index in [0.717, 1.165) is 0 Å². The van der Waals surface area contributed by atoms with Crippen molar-refractivity contribution >= 4 is 10.2 Å². The molecule has 0 atom stereocenters. The van der Waals surface area contributed by atoms with Crippen molar-refractivity contribution in [3.8, 4) is 0 Å². The summed E-state index contributed by atoms with van der Waals surface area (Å²) >= 11 is 0. The summed E-state index contributed by atoms with van der Waals surface area (Å²) in [7, 11) is -3.41. The molecule has 7 nitrogen and oxygen atoms in total. The lowest BCUT2D eigenvalue weighted by Gasteiger charge is -2.26. The maximum Gasteiger partial charge on any atom is 0.279 e. The Balaban J connectivity index is 2.22. The number of nitrogens with zero attached hydrogens (tertiary/aromatic N) is 1. The van der Waals surface area contributed by atoms with E-state index in [-0.39, 0.29) is 26.4 Å². The van der Waals surface area contributed by atoms with E-state index in [2.05, 4.69) is 4.72 Å². The molecule has 0 aliphatic carbocycles. The monoisotopic (exact) mass is 254 g/mol. The van der Waals surface area contributed by atoms with Crippen LogP contribution >= 0.6 is 0 Å². The molecule has 0 spiro atoms. The number of rotatable bonds is 7. The lowest BCUT2D eigenvalue weighted by Crippen LogP contribution is -2.47. The molecule has 0 saturated carbocycles. The summed E-state index contributed by atoms with van der Waals surface area (Å²) in [5, 5.41) is 8.44. The fourth-order valence-electron chi connectivity index (χ4n) is 1.29. The lowest BCUT2D eigenvalue weighted by atomic mass is 10.5. The smallest absolute Gasteiger partial charge is 0.279 e. The summed E-state index contributed by atoms with van der Waals surface area (Å²) < 4.78 is 37.1. The minimum atomic E-state index is -3.41. The number of aliphatic hydroxyl groups is 1. The average Bonchev–Trinajstić information content (AvgIpc) is 2.30. The van der Waals surface area contributed by atoms with Crippen LogP contribution in [0.25, 0.3) is 0 Å². The minimum absolute atomic E-state index is 0.0593. The molecule has 1 fully saturated rings. The van der Waals surface area contributed by atoms with Gasteiger partial charge in [-0.15, -0.1) is 0 Å². The molecule has 0 unspecified atom stereocenters. The summed E-state index contributed by atoms with van der Waals surface area (Å²) in [6.45, 7) is 2.25. The first-order valence-corrected chi connectivity index (χ1v) is 6.62. The van der Waals surface area contributed by atoms with Crippen molar-refractivity contribution in [3.05, 3.63) is 0 Å². The van der Waals surface area contributed by atoms with E-state index in [4.69, 9.17) is 14.6 Å². The zero-order valence-electron chi connectivity index (χ0n) is 9.09. The van der Waals surface area contributed by atoms with E-state index in [0.29, 0.717) is 26.3 Å². The number of hydrogen-bond acceptors (Lipinski definition) is 5. The molecule has 0 aromatic carbocycles. The molecular weight excluding hydrogens is 236 g/mol. The summed E-state index contributed by atoms with van der Waals surface area (Å²) in [5.41, 5.74) is 0. The van der Waals surface area contributed by atoms with Crippen molar-refractivity contribution in [2.75, 3.05) is 52.7 Å². The van der Waals surface area contributed by atoms with Crippen LogP contribution in [0.1, 0.15) is 0 Å². The van der Waals surface area contributed by atoms with Crippen molar-refractivity contribution in [1.29, 1.82) is 0 Å². The SMILES string of the molecule is O=S(=O)(NCCOCCO)N1CCOCC1. The third-order valence-electron chi connectivity index (χ3n) is 2.08. The molecule has 1 aliphatic rings. The highest BCUT2D eigenvalue weighted by Crippen LogP contribution is 2.02. The predicted molar refractivity (Wildman–Crippen MR) is 57.2 cm³/mol. The van der Waals surface area contributed by atoms with Crippen LogP contribution < -0.4 is 4.72 Å². The van der Waals surface area contributed by atoms with Crippen LogP contribution in [-0.2, 0) is 19.7 Å². The van der Waals surface area contributed by atoms with Crippen LogP contribution in [0.3, 0.4) is 0 Å².